The average molecular weight is 194 g/mol. The normalized spacial score (nSPS) is 11.4. The maximum absolute atomic E-state index is 12.8. The van der Waals surface area contributed by atoms with Crippen molar-refractivity contribution in [2.24, 2.45) is 5.41 Å². The van der Waals surface area contributed by atoms with Gasteiger partial charge in [0.1, 0.15) is 5.82 Å². The molecule has 1 nitrogen and oxygen atoms in total. The Labute approximate surface area is 83.9 Å². The molecule has 76 valence electrons. The fourth-order valence-electron chi connectivity index (χ4n) is 1.25. The molecule has 0 heterocycles. The second-order valence-electron chi connectivity index (χ2n) is 4.67. The number of Topliss-reactive ketones (excluding diaryl/α,β-unsaturated/α-hetero) is 1. The highest BCUT2D eigenvalue weighted by atomic mass is 19.1. The Balaban J connectivity index is 2.80. The SMILES string of the molecule is CC(C)(C)CC(=O)c1cccc(F)c1. The summed E-state index contributed by atoms with van der Waals surface area (Å²) in [4.78, 5) is 11.6. The Hall–Kier alpha value is -1.18. The molecule has 0 N–H and O–H groups in total. The lowest BCUT2D eigenvalue weighted by Crippen LogP contribution is -2.13. The van der Waals surface area contributed by atoms with Crippen molar-refractivity contribution in [2.75, 3.05) is 0 Å². The van der Waals surface area contributed by atoms with E-state index in [-0.39, 0.29) is 17.0 Å². The van der Waals surface area contributed by atoms with Crippen LogP contribution in [0.2, 0.25) is 0 Å². The van der Waals surface area contributed by atoms with Crippen LogP contribution < -0.4 is 0 Å². The van der Waals surface area contributed by atoms with E-state index in [1.54, 1.807) is 12.1 Å². The molecule has 0 aliphatic heterocycles. The van der Waals surface area contributed by atoms with Gasteiger partial charge in [0.15, 0.2) is 5.78 Å². The number of carbonyl (C=O) groups excluding carboxylic acids is 1. The highest BCUT2D eigenvalue weighted by Gasteiger charge is 2.17. The lowest BCUT2D eigenvalue weighted by Gasteiger charge is -2.16. The van der Waals surface area contributed by atoms with Crippen molar-refractivity contribution in [2.45, 2.75) is 27.2 Å². The van der Waals surface area contributed by atoms with Crippen LogP contribution in [0.5, 0.6) is 0 Å². The van der Waals surface area contributed by atoms with E-state index >= 15 is 0 Å². The minimum absolute atomic E-state index is 0.00278. The van der Waals surface area contributed by atoms with Crippen LogP contribution in [-0.2, 0) is 0 Å². The van der Waals surface area contributed by atoms with Crippen molar-refractivity contribution in [3.05, 3.63) is 35.6 Å². The largest absolute Gasteiger partial charge is 0.294 e. The summed E-state index contributed by atoms with van der Waals surface area (Å²) in [5.74, 6) is -0.359. The molecule has 1 aromatic carbocycles. The molecule has 1 rings (SSSR count). The van der Waals surface area contributed by atoms with Crippen LogP contribution in [0.1, 0.15) is 37.6 Å². The zero-order valence-corrected chi connectivity index (χ0v) is 8.80. The molecule has 14 heavy (non-hydrogen) atoms. The molecule has 2 heteroatoms. The van der Waals surface area contributed by atoms with Crippen molar-refractivity contribution >= 4 is 5.78 Å². The fourth-order valence-corrected chi connectivity index (χ4v) is 1.25. The van der Waals surface area contributed by atoms with Gasteiger partial charge in [-0.1, -0.05) is 32.9 Å². The summed E-state index contributed by atoms with van der Waals surface area (Å²) in [6.07, 6.45) is 0.441. The number of benzene rings is 1. The van der Waals surface area contributed by atoms with Gasteiger partial charge in [-0.3, -0.25) is 4.79 Å². The van der Waals surface area contributed by atoms with E-state index in [2.05, 4.69) is 0 Å². The zero-order chi connectivity index (χ0) is 10.8. The van der Waals surface area contributed by atoms with Gasteiger partial charge in [0.2, 0.25) is 0 Å². The van der Waals surface area contributed by atoms with Crippen LogP contribution in [-0.4, -0.2) is 5.78 Å². The Morgan fingerprint density at radius 3 is 2.50 bits per heavy atom. The topological polar surface area (TPSA) is 17.1 Å². The first-order valence-corrected chi connectivity index (χ1v) is 4.67. The van der Waals surface area contributed by atoms with Gasteiger partial charge in [0.25, 0.3) is 0 Å². The predicted molar refractivity (Wildman–Crippen MR) is 54.8 cm³/mol. The summed E-state index contributed by atoms with van der Waals surface area (Å²) in [6.45, 7) is 5.97. The molecule has 0 aliphatic rings. The van der Waals surface area contributed by atoms with Crippen LogP contribution >= 0.6 is 0 Å². The highest BCUT2D eigenvalue weighted by molar-refractivity contribution is 5.96. The van der Waals surface area contributed by atoms with Crippen molar-refractivity contribution in [3.63, 3.8) is 0 Å². The van der Waals surface area contributed by atoms with Gasteiger partial charge < -0.3 is 0 Å². The molecule has 0 saturated heterocycles. The van der Waals surface area contributed by atoms with Gasteiger partial charge in [-0.15, -0.1) is 0 Å². The minimum atomic E-state index is -0.357. The second kappa shape index (κ2) is 3.91. The van der Waals surface area contributed by atoms with E-state index in [0.29, 0.717) is 12.0 Å². The molecule has 0 fully saturated rings. The molecule has 0 unspecified atom stereocenters. The molecule has 0 atom stereocenters. The van der Waals surface area contributed by atoms with Crippen LogP contribution in [0.4, 0.5) is 4.39 Å². The number of hydrogen-bond donors (Lipinski definition) is 0. The van der Waals surface area contributed by atoms with E-state index < -0.39 is 0 Å². The van der Waals surface area contributed by atoms with Gasteiger partial charge in [-0.05, 0) is 17.5 Å². The molecule has 0 saturated carbocycles. The van der Waals surface area contributed by atoms with Crippen LogP contribution in [0.3, 0.4) is 0 Å². The van der Waals surface area contributed by atoms with E-state index in [4.69, 9.17) is 0 Å². The van der Waals surface area contributed by atoms with Crippen molar-refractivity contribution < 1.29 is 9.18 Å². The van der Waals surface area contributed by atoms with Crippen molar-refractivity contribution in [1.82, 2.24) is 0 Å². The number of carbonyl (C=O) groups is 1. The first kappa shape index (κ1) is 10.9. The highest BCUT2D eigenvalue weighted by Crippen LogP contribution is 2.21. The summed E-state index contributed by atoms with van der Waals surface area (Å²) in [5.41, 5.74) is 0.406. The third kappa shape index (κ3) is 3.29. The lowest BCUT2D eigenvalue weighted by atomic mass is 9.88. The monoisotopic (exact) mass is 194 g/mol. The molecular formula is C12H15FO. The predicted octanol–water partition coefficient (Wildman–Crippen LogP) is 3.44. The molecule has 0 radical (unpaired) electrons. The van der Waals surface area contributed by atoms with Gasteiger partial charge in [0.05, 0.1) is 0 Å². The quantitative estimate of drug-likeness (QED) is 0.659. The van der Waals surface area contributed by atoms with Gasteiger partial charge in [0, 0.05) is 12.0 Å². The van der Waals surface area contributed by atoms with E-state index in [1.807, 2.05) is 20.8 Å². The Bertz CT molecular complexity index is 336. The van der Waals surface area contributed by atoms with Crippen LogP contribution in [0.15, 0.2) is 24.3 Å². The number of rotatable bonds is 2. The van der Waals surface area contributed by atoms with Crippen molar-refractivity contribution in [1.29, 1.82) is 0 Å². The van der Waals surface area contributed by atoms with Crippen LogP contribution in [0, 0.1) is 11.2 Å². The van der Waals surface area contributed by atoms with Gasteiger partial charge >= 0.3 is 0 Å². The maximum atomic E-state index is 12.8. The molecule has 0 amide bonds. The Kier molecular flexibility index (Phi) is 3.04. The first-order chi connectivity index (χ1) is 6.38. The summed E-state index contributed by atoms with van der Waals surface area (Å²) < 4.78 is 12.8. The summed E-state index contributed by atoms with van der Waals surface area (Å²) in [6, 6.07) is 5.84. The first-order valence-electron chi connectivity index (χ1n) is 4.67. The van der Waals surface area contributed by atoms with Gasteiger partial charge in [-0.25, -0.2) is 4.39 Å². The maximum Gasteiger partial charge on any atom is 0.163 e. The number of ketones is 1. The average Bonchev–Trinajstić information content (AvgIpc) is 2.01. The van der Waals surface area contributed by atoms with Crippen molar-refractivity contribution in [3.8, 4) is 0 Å². The van der Waals surface area contributed by atoms with Gasteiger partial charge in [-0.2, -0.15) is 0 Å². The summed E-state index contributed by atoms with van der Waals surface area (Å²) >= 11 is 0. The number of halogens is 1. The number of hydrogen-bond acceptors (Lipinski definition) is 1. The summed E-state index contributed by atoms with van der Waals surface area (Å²) in [5, 5.41) is 0. The second-order valence-corrected chi connectivity index (χ2v) is 4.67. The third-order valence-corrected chi connectivity index (χ3v) is 1.84. The lowest BCUT2D eigenvalue weighted by molar-refractivity contribution is 0.0939. The van der Waals surface area contributed by atoms with E-state index in [9.17, 15) is 9.18 Å². The Morgan fingerprint density at radius 2 is 2.00 bits per heavy atom. The standard InChI is InChI=1S/C12H15FO/c1-12(2,3)8-11(14)9-5-4-6-10(13)7-9/h4-7H,8H2,1-3H3. The van der Waals surface area contributed by atoms with Crippen LogP contribution in [0.25, 0.3) is 0 Å². The van der Waals surface area contributed by atoms with E-state index in [0.717, 1.165) is 0 Å². The smallest absolute Gasteiger partial charge is 0.163 e. The molecule has 0 aromatic heterocycles. The molecule has 0 spiro atoms. The third-order valence-electron chi connectivity index (χ3n) is 1.84. The molecule has 1 aromatic rings. The fraction of sp³-hybridized carbons (Fsp3) is 0.417. The van der Waals surface area contributed by atoms with E-state index in [1.165, 1.54) is 12.1 Å². The Morgan fingerprint density at radius 1 is 1.36 bits per heavy atom. The molecule has 0 aliphatic carbocycles. The summed E-state index contributed by atoms with van der Waals surface area (Å²) in [7, 11) is 0. The molecular weight excluding hydrogens is 179 g/mol. The zero-order valence-electron chi connectivity index (χ0n) is 8.80. The minimum Gasteiger partial charge on any atom is -0.294 e. The molecule has 0 bridgehead atoms.